The third kappa shape index (κ3) is 1.70. The first kappa shape index (κ1) is 9.70. The summed E-state index contributed by atoms with van der Waals surface area (Å²) in [5.74, 6) is -0.102. The Morgan fingerprint density at radius 2 is 2.00 bits per heavy atom. The monoisotopic (exact) mass is 215 g/mol. The van der Waals surface area contributed by atoms with Gasteiger partial charge in [-0.1, -0.05) is 5.16 Å². The number of rotatable bonds is 1. The van der Waals surface area contributed by atoms with Gasteiger partial charge in [-0.15, -0.1) is 8.78 Å². The normalized spacial score (nSPS) is 17.9. The highest BCUT2D eigenvalue weighted by Gasteiger charge is 2.43. The van der Waals surface area contributed by atoms with E-state index in [1.807, 2.05) is 0 Å². The van der Waals surface area contributed by atoms with E-state index in [1.165, 1.54) is 25.1 Å². The van der Waals surface area contributed by atoms with Crippen LogP contribution < -0.4 is 9.47 Å². The molecule has 4 nitrogen and oxygen atoms in total. The summed E-state index contributed by atoms with van der Waals surface area (Å²) in [6, 6.07) is 4.16. The summed E-state index contributed by atoms with van der Waals surface area (Å²) < 4.78 is 33.7. The van der Waals surface area contributed by atoms with Crippen LogP contribution in [0.25, 0.3) is 0 Å². The summed E-state index contributed by atoms with van der Waals surface area (Å²) in [5, 5.41) is 11.5. The van der Waals surface area contributed by atoms with E-state index in [1.54, 1.807) is 0 Å². The fraction of sp³-hybridized carbons (Fsp3) is 0.222. The van der Waals surface area contributed by atoms with Crippen LogP contribution >= 0.6 is 0 Å². The summed E-state index contributed by atoms with van der Waals surface area (Å²) in [4.78, 5) is 0. The molecule has 1 aromatic rings. The SMILES string of the molecule is C/C(=N\O)c1ccc2c(c1)OC(F)(F)O2. The van der Waals surface area contributed by atoms with Crippen molar-refractivity contribution >= 4 is 5.71 Å². The van der Waals surface area contributed by atoms with Gasteiger partial charge in [-0.05, 0) is 25.1 Å². The van der Waals surface area contributed by atoms with E-state index >= 15 is 0 Å². The summed E-state index contributed by atoms with van der Waals surface area (Å²) in [6.07, 6.45) is -3.62. The van der Waals surface area contributed by atoms with Gasteiger partial charge in [0.15, 0.2) is 11.5 Å². The van der Waals surface area contributed by atoms with Crippen molar-refractivity contribution in [1.29, 1.82) is 0 Å². The number of ether oxygens (including phenoxy) is 2. The fourth-order valence-corrected chi connectivity index (χ4v) is 1.23. The highest BCUT2D eigenvalue weighted by molar-refractivity contribution is 5.98. The molecule has 15 heavy (non-hydrogen) atoms. The predicted molar refractivity (Wildman–Crippen MR) is 46.6 cm³/mol. The molecule has 0 unspecified atom stereocenters. The molecule has 2 rings (SSSR count). The minimum Gasteiger partial charge on any atom is -0.411 e. The smallest absolute Gasteiger partial charge is 0.411 e. The van der Waals surface area contributed by atoms with E-state index < -0.39 is 6.29 Å². The van der Waals surface area contributed by atoms with Crippen LogP contribution in [-0.4, -0.2) is 17.2 Å². The van der Waals surface area contributed by atoms with Crippen LogP contribution in [0.15, 0.2) is 23.4 Å². The highest BCUT2D eigenvalue weighted by atomic mass is 19.3. The van der Waals surface area contributed by atoms with Gasteiger partial charge in [-0.2, -0.15) is 0 Å². The van der Waals surface area contributed by atoms with Gasteiger partial charge in [0.2, 0.25) is 0 Å². The maximum Gasteiger partial charge on any atom is 0.586 e. The van der Waals surface area contributed by atoms with Gasteiger partial charge in [0.25, 0.3) is 0 Å². The average molecular weight is 215 g/mol. The quantitative estimate of drug-likeness (QED) is 0.444. The fourth-order valence-electron chi connectivity index (χ4n) is 1.23. The van der Waals surface area contributed by atoms with E-state index in [0.29, 0.717) is 11.3 Å². The van der Waals surface area contributed by atoms with E-state index in [0.717, 1.165) is 0 Å². The molecule has 0 aromatic heterocycles. The number of oxime groups is 1. The van der Waals surface area contributed by atoms with Crippen molar-refractivity contribution < 1.29 is 23.5 Å². The van der Waals surface area contributed by atoms with Crippen molar-refractivity contribution in [2.24, 2.45) is 5.16 Å². The van der Waals surface area contributed by atoms with Gasteiger partial charge in [0.05, 0.1) is 5.71 Å². The second-order valence-corrected chi connectivity index (χ2v) is 3.01. The topological polar surface area (TPSA) is 51.1 Å². The Bertz CT molecular complexity index is 431. The second-order valence-electron chi connectivity index (χ2n) is 3.01. The van der Waals surface area contributed by atoms with Gasteiger partial charge in [0.1, 0.15) is 0 Å². The summed E-state index contributed by atoms with van der Waals surface area (Å²) >= 11 is 0. The van der Waals surface area contributed by atoms with Crippen LogP contribution in [0.4, 0.5) is 8.78 Å². The number of fused-ring (bicyclic) bond motifs is 1. The molecule has 6 heteroatoms. The molecular weight excluding hydrogens is 208 g/mol. The van der Waals surface area contributed by atoms with Crippen LogP contribution in [0.1, 0.15) is 12.5 Å². The first-order valence-corrected chi connectivity index (χ1v) is 4.11. The molecule has 0 amide bonds. The predicted octanol–water partition coefficient (Wildman–Crippen LogP) is 2.21. The van der Waals surface area contributed by atoms with Crippen LogP contribution in [-0.2, 0) is 0 Å². The Labute approximate surface area is 83.7 Å². The lowest BCUT2D eigenvalue weighted by Crippen LogP contribution is -2.25. The van der Waals surface area contributed by atoms with E-state index in [2.05, 4.69) is 14.6 Å². The van der Waals surface area contributed by atoms with Crippen LogP contribution in [0.2, 0.25) is 0 Å². The molecule has 1 N–H and O–H groups in total. The Hall–Kier alpha value is -1.85. The Kier molecular flexibility index (Phi) is 1.99. The lowest BCUT2D eigenvalue weighted by molar-refractivity contribution is -0.286. The third-order valence-electron chi connectivity index (χ3n) is 1.97. The zero-order valence-electron chi connectivity index (χ0n) is 7.70. The van der Waals surface area contributed by atoms with Crippen molar-refractivity contribution in [2.45, 2.75) is 13.2 Å². The largest absolute Gasteiger partial charge is 0.586 e. The van der Waals surface area contributed by atoms with E-state index in [9.17, 15) is 8.78 Å². The minimum absolute atomic E-state index is 0.0329. The van der Waals surface area contributed by atoms with Gasteiger partial charge in [-0.3, -0.25) is 0 Å². The molecule has 0 saturated heterocycles. The third-order valence-corrected chi connectivity index (χ3v) is 1.97. The summed E-state index contributed by atoms with van der Waals surface area (Å²) in [6.45, 7) is 1.54. The van der Waals surface area contributed by atoms with E-state index in [-0.39, 0.29) is 11.5 Å². The number of alkyl halides is 2. The van der Waals surface area contributed by atoms with Gasteiger partial charge < -0.3 is 14.7 Å². The number of hydrogen-bond donors (Lipinski definition) is 1. The zero-order valence-corrected chi connectivity index (χ0v) is 7.70. The number of hydrogen-bond acceptors (Lipinski definition) is 4. The maximum absolute atomic E-state index is 12.6. The molecule has 0 fully saturated rings. The molecule has 1 aliphatic rings. The van der Waals surface area contributed by atoms with Gasteiger partial charge >= 0.3 is 6.29 Å². The number of benzene rings is 1. The molecular formula is C9H7F2NO3. The zero-order chi connectivity index (χ0) is 11.1. The molecule has 0 aliphatic carbocycles. The first-order valence-electron chi connectivity index (χ1n) is 4.11. The standard InChI is InChI=1S/C9H7F2NO3/c1-5(12-13)6-2-3-7-8(4-6)15-9(10,11)14-7/h2-4,13H,1H3/b12-5+. The summed E-state index contributed by atoms with van der Waals surface area (Å²) in [5.41, 5.74) is 0.786. The maximum atomic E-state index is 12.6. The minimum atomic E-state index is -3.62. The van der Waals surface area contributed by atoms with Crippen molar-refractivity contribution in [3.05, 3.63) is 23.8 Å². The molecule has 0 radical (unpaired) electrons. The molecule has 0 bridgehead atoms. The van der Waals surface area contributed by atoms with Crippen molar-refractivity contribution in [3.63, 3.8) is 0 Å². The van der Waals surface area contributed by atoms with E-state index in [4.69, 9.17) is 5.21 Å². The lowest BCUT2D eigenvalue weighted by atomic mass is 10.1. The Morgan fingerprint density at radius 3 is 2.67 bits per heavy atom. The molecule has 1 heterocycles. The lowest BCUT2D eigenvalue weighted by Gasteiger charge is -2.04. The van der Waals surface area contributed by atoms with Crippen molar-refractivity contribution in [1.82, 2.24) is 0 Å². The highest BCUT2D eigenvalue weighted by Crippen LogP contribution is 2.41. The molecule has 0 atom stereocenters. The van der Waals surface area contributed by atoms with Crippen LogP contribution in [0, 0.1) is 0 Å². The number of nitrogens with zero attached hydrogens (tertiary/aromatic N) is 1. The van der Waals surface area contributed by atoms with Crippen LogP contribution in [0.3, 0.4) is 0 Å². The number of halogens is 2. The molecule has 0 saturated carbocycles. The molecule has 1 aliphatic heterocycles. The molecule has 80 valence electrons. The Balaban J connectivity index is 2.39. The Morgan fingerprint density at radius 1 is 1.33 bits per heavy atom. The average Bonchev–Trinajstić information content (AvgIpc) is 2.49. The van der Waals surface area contributed by atoms with Crippen molar-refractivity contribution in [2.75, 3.05) is 0 Å². The van der Waals surface area contributed by atoms with Crippen LogP contribution in [0.5, 0.6) is 11.5 Å². The van der Waals surface area contributed by atoms with Crippen molar-refractivity contribution in [3.8, 4) is 11.5 Å². The molecule has 1 aromatic carbocycles. The second kappa shape index (κ2) is 3.08. The molecule has 0 spiro atoms. The first-order chi connectivity index (χ1) is 7.02. The van der Waals surface area contributed by atoms with Gasteiger partial charge in [0, 0.05) is 5.56 Å². The summed E-state index contributed by atoms with van der Waals surface area (Å²) in [7, 11) is 0. The van der Waals surface area contributed by atoms with Gasteiger partial charge in [-0.25, -0.2) is 0 Å².